The molecule has 2 aliphatic heterocycles. The van der Waals surface area contributed by atoms with E-state index in [9.17, 15) is 31.1 Å². The van der Waals surface area contributed by atoms with Gasteiger partial charge in [-0.25, -0.2) is 9.78 Å². The van der Waals surface area contributed by atoms with Gasteiger partial charge in [0, 0.05) is 13.1 Å². The first-order valence-corrected chi connectivity index (χ1v) is 9.82. The molecule has 12 heteroatoms. The van der Waals surface area contributed by atoms with Crippen LogP contribution in [0.3, 0.4) is 0 Å². The fourth-order valence-corrected chi connectivity index (χ4v) is 4.35. The van der Waals surface area contributed by atoms with Gasteiger partial charge in [-0.1, -0.05) is 0 Å². The van der Waals surface area contributed by atoms with Crippen molar-refractivity contribution < 1.29 is 35.9 Å². The van der Waals surface area contributed by atoms with E-state index in [2.05, 4.69) is 15.0 Å². The molecule has 0 amide bonds. The molecule has 2 aromatic rings. The second kappa shape index (κ2) is 7.57. The molecule has 2 aromatic heterocycles. The molecule has 170 valence electrons. The van der Waals surface area contributed by atoms with Crippen LogP contribution in [0.1, 0.15) is 31.2 Å². The molecule has 0 aliphatic carbocycles. The molecule has 31 heavy (non-hydrogen) atoms. The van der Waals surface area contributed by atoms with Crippen molar-refractivity contribution in [2.75, 3.05) is 31.1 Å². The molecule has 4 rings (SSSR count). The monoisotopic (exact) mass is 450 g/mol. The summed E-state index contributed by atoms with van der Waals surface area (Å²) in [6.07, 6.45) is -5.36. The van der Waals surface area contributed by atoms with Crippen molar-refractivity contribution in [1.82, 2.24) is 14.7 Å². The van der Waals surface area contributed by atoms with Gasteiger partial charge in [0.05, 0.1) is 5.56 Å². The maximum absolute atomic E-state index is 13.5. The summed E-state index contributed by atoms with van der Waals surface area (Å²) in [7, 11) is 0. The summed E-state index contributed by atoms with van der Waals surface area (Å²) < 4.78 is 83.6. The Morgan fingerprint density at radius 3 is 2.26 bits per heavy atom. The minimum atomic E-state index is -5.30. The molecule has 2 aliphatic rings. The predicted octanol–water partition coefficient (Wildman–Crippen LogP) is 3.79. The van der Waals surface area contributed by atoms with Crippen molar-refractivity contribution in [1.29, 1.82) is 0 Å². The average Bonchev–Trinajstić information content (AvgIpc) is 3.10. The second-order valence-electron chi connectivity index (χ2n) is 8.03. The lowest BCUT2D eigenvalue weighted by Crippen LogP contribution is -2.46. The van der Waals surface area contributed by atoms with E-state index in [0.717, 1.165) is 51.2 Å². The van der Waals surface area contributed by atoms with E-state index in [1.165, 1.54) is 4.40 Å². The molecule has 2 fully saturated rings. The van der Waals surface area contributed by atoms with Gasteiger partial charge in [0.1, 0.15) is 17.7 Å². The summed E-state index contributed by atoms with van der Waals surface area (Å²) in [6.45, 7) is 2.82. The minimum absolute atomic E-state index is 0.149. The molecule has 2 saturated heterocycles. The van der Waals surface area contributed by atoms with E-state index in [0.29, 0.717) is 19.2 Å². The molecule has 0 aromatic carbocycles. The number of hydrogen-bond acceptors (Lipinski definition) is 5. The number of ether oxygens (including phenoxy) is 1. The van der Waals surface area contributed by atoms with Gasteiger partial charge in [-0.15, -0.1) is 0 Å². The van der Waals surface area contributed by atoms with Gasteiger partial charge < -0.3 is 15.0 Å². The zero-order valence-electron chi connectivity index (χ0n) is 16.3. The van der Waals surface area contributed by atoms with Crippen LogP contribution >= 0.6 is 0 Å². The Bertz CT molecular complexity index is 968. The molecular formula is C19H20F6N4O2. The number of piperidine rings is 2. The Labute approximate surface area is 173 Å². The first-order valence-electron chi connectivity index (χ1n) is 9.82. The SMILES string of the molecule is O=C(Oc1ncn2c(N3CCC4(CCNCC4)CC3)cc(C(F)(F)F)cc12)C(F)(F)F. The number of pyridine rings is 1. The topological polar surface area (TPSA) is 58.9 Å². The van der Waals surface area contributed by atoms with Crippen LogP contribution in [0.5, 0.6) is 5.88 Å². The highest BCUT2D eigenvalue weighted by Gasteiger charge is 2.42. The number of halogens is 6. The molecule has 1 spiro atoms. The van der Waals surface area contributed by atoms with Gasteiger partial charge in [0.15, 0.2) is 0 Å². The maximum atomic E-state index is 13.5. The Kier molecular flexibility index (Phi) is 5.31. The molecule has 0 atom stereocenters. The van der Waals surface area contributed by atoms with Crippen LogP contribution < -0.4 is 15.0 Å². The van der Waals surface area contributed by atoms with E-state index < -0.39 is 29.8 Å². The summed E-state index contributed by atoms with van der Waals surface area (Å²) in [5, 5.41) is 3.30. The van der Waals surface area contributed by atoms with E-state index in [-0.39, 0.29) is 16.7 Å². The van der Waals surface area contributed by atoms with Gasteiger partial charge in [0.25, 0.3) is 0 Å². The number of esters is 1. The number of imidazole rings is 1. The van der Waals surface area contributed by atoms with E-state index in [1.54, 1.807) is 4.90 Å². The van der Waals surface area contributed by atoms with Crippen molar-refractivity contribution in [3.8, 4) is 5.88 Å². The molecule has 6 nitrogen and oxygen atoms in total. The second-order valence-corrected chi connectivity index (χ2v) is 8.03. The van der Waals surface area contributed by atoms with Gasteiger partial charge in [-0.05, 0) is 56.3 Å². The first-order chi connectivity index (χ1) is 14.5. The molecular weight excluding hydrogens is 430 g/mol. The van der Waals surface area contributed by atoms with Gasteiger partial charge in [0.2, 0.25) is 5.88 Å². The maximum Gasteiger partial charge on any atom is 0.491 e. The van der Waals surface area contributed by atoms with Crippen molar-refractivity contribution in [2.45, 2.75) is 38.0 Å². The third-order valence-electron chi connectivity index (χ3n) is 6.15. The predicted molar refractivity (Wildman–Crippen MR) is 97.9 cm³/mol. The van der Waals surface area contributed by atoms with Crippen molar-refractivity contribution in [3.63, 3.8) is 0 Å². The third kappa shape index (κ3) is 4.30. The van der Waals surface area contributed by atoms with Crippen molar-refractivity contribution in [3.05, 3.63) is 24.0 Å². The van der Waals surface area contributed by atoms with E-state index >= 15 is 0 Å². The highest BCUT2D eigenvalue weighted by Crippen LogP contribution is 2.42. The number of anilines is 1. The Morgan fingerprint density at radius 1 is 1.03 bits per heavy atom. The van der Waals surface area contributed by atoms with Crippen LogP contribution in [0.15, 0.2) is 18.5 Å². The summed E-state index contributed by atoms with van der Waals surface area (Å²) in [6, 6.07) is 1.58. The fraction of sp³-hybridized carbons (Fsp3) is 0.579. The number of hydrogen-bond donors (Lipinski definition) is 1. The number of carbonyl (C=O) groups is 1. The van der Waals surface area contributed by atoms with Crippen LogP contribution in [-0.4, -0.2) is 47.7 Å². The van der Waals surface area contributed by atoms with E-state index in [1.807, 2.05) is 0 Å². The summed E-state index contributed by atoms with van der Waals surface area (Å²) >= 11 is 0. The normalized spacial score (nSPS) is 19.7. The molecule has 1 N–H and O–H groups in total. The lowest BCUT2D eigenvalue weighted by Gasteiger charge is -2.45. The Morgan fingerprint density at radius 2 is 1.68 bits per heavy atom. The van der Waals surface area contributed by atoms with Crippen LogP contribution in [0.2, 0.25) is 0 Å². The van der Waals surface area contributed by atoms with Gasteiger partial charge in [-0.2, -0.15) is 26.3 Å². The zero-order valence-corrected chi connectivity index (χ0v) is 16.3. The fourth-order valence-electron chi connectivity index (χ4n) is 4.35. The smallest absolute Gasteiger partial charge is 0.398 e. The number of fused-ring (bicyclic) bond motifs is 1. The lowest BCUT2D eigenvalue weighted by molar-refractivity contribution is -0.189. The van der Waals surface area contributed by atoms with Gasteiger partial charge in [-0.3, -0.25) is 4.40 Å². The summed E-state index contributed by atoms with van der Waals surface area (Å²) in [5.74, 6) is -3.21. The summed E-state index contributed by atoms with van der Waals surface area (Å²) in [4.78, 5) is 16.6. The zero-order chi connectivity index (χ0) is 22.4. The standard InChI is InChI=1S/C19H20F6N4O2/c20-18(21,22)12-9-13-15(31-16(30)19(23,24)25)27-11-29(13)14(10-12)28-7-3-17(4-8-28)1-5-26-6-2-17/h9-11,26H,1-8H2. The van der Waals surface area contributed by atoms with Crippen LogP contribution in [0, 0.1) is 5.41 Å². The molecule has 4 heterocycles. The number of nitrogens with one attached hydrogen (secondary N) is 1. The molecule has 0 radical (unpaired) electrons. The minimum Gasteiger partial charge on any atom is -0.398 e. The van der Waals surface area contributed by atoms with Crippen molar-refractivity contribution in [2.24, 2.45) is 5.41 Å². The molecule has 0 bridgehead atoms. The van der Waals surface area contributed by atoms with E-state index in [4.69, 9.17) is 0 Å². The largest absolute Gasteiger partial charge is 0.491 e. The number of alkyl halides is 6. The summed E-state index contributed by atoms with van der Waals surface area (Å²) in [5.41, 5.74) is -1.25. The molecule has 0 saturated carbocycles. The number of aromatic nitrogens is 2. The van der Waals surface area contributed by atoms with Crippen LogP contribution in [-0.2, 0) is 11.0 Å². The van der Waals surface area contributed by atoms with Crippen LogP contribution in [0.25, 0.3) is 5.52 Å². The first kappa shape index (κ1) is 21.7. The Hall–Kier alpha value is -2.50. The number of rotatable bonds is 2. The lowest BCUT2D eigenvalue weighted by atomic mass is 9.71. The van der Waals surface area contributed by atoms with Crippen molar-refractivity contribution >= 4 is 17.3 Å². The average molecular weight is 450 g/mol. The number of carbonyl (C=O) groups excluding carboxylic acids is 1. The highest BCUT2D eigenvalue weighted by atomic mass is 19.4. The number of nitrogens with zero attached hydrogens (tertiary/aromatic N) is 3. The van der Waals surface area contributed by atoms with Crippen LogP contribution in [0.4, 0.5) is 32.2 Å². The highest BCUT2D eigenvalue weighted by molar-refractivity contribution is 5.80. The third-order valence-corrected chi connectivity index (χ3v) is 6.15. The Balaban J connectivity index is 1.69. The van der Waals surface area contributed by atoms with Gasteiger partial charge >= 0.3 is 18.3 Å². The molecule has 0 unspecified atom stereocenters. The quantitative estimate of drug-likeness (QED) is 0.558.